The fraction of sp³-hybridized carbons (Fsp3) is 0.286. The van der Waals surface area contributed by atoms with Gasteiger partial charge in [-0.1, -0.05) is 18.2 Å². The number of benzene rings is 2. The van der Waals surface area contributed by atoms with Gasteiger partial charge in [-0.2, -0.15) is 0 Å². The highest BCUT2D eigenvalue weighted by molar-refractivity contribution is 6.04. The van der Waals surface area contributed by atoms with E-state index in [1.165, 1.54) is 6.92 Å². The van der Waals surface area contributed by atoms with Gasteiger partial charge in [0.25, 0.3) is 0 Å². The van der Waals surface area contributed by atoms with E-state index in [4.69, 9.17) is 0 Å². The molecule has 2 aromatic carbocycles. The zero-order valence-electron chi connectivity index (χ0n) is 15.7. The maximum absolute atomic E-state index is 12.6. The third kappa shape index (κ3) is 4.34. The van der Waals surface area contributed by atoms with Crippen molar-refractivity contribution in [3.8, 4) is 0 Å². The number of nitrogens with one attached hydrogen (secondary N) is 2. The molecule has 3 amide bonds. The molecule has 0 radical (unpaired) electrons. The third-order valence-corrected chi connectivity index (χ3v) is 4.60. The van der Waals surface area contributed by atoms with Crippen LogP contribution in [0.15, 0.2) is 42.5 Å². The second kappa shape index (κ2) is 7.61. The van der Waals surface area contributed by atoms with Gasteiger partial charge >= 0.3 is 0 Å². The molecule has 1 unspecified atom stereocenters. The van der Waals surface area contributed by atoms with Crippen molar-refractivity contribution in [3.63, 3.8) is 0 Å². The van der Waals surface area contributed by atoms with Crippen LogP contribution in [0.1, 0.15) is 24.5 Å². The molecule has 0 saturated carbocycles. The number of nitrogens with zero attached hydrogens (tertiary/aromatic N) is 1. The highest BCUT2D eigenvalue weighted by Gasteiger charge is 2.35. The second-order valence-corrected chi connectivity index (χ2v) is 6.95. The van der Waals surface area contributed by atoms with Gasteiger partial charge in [0.1, 0.15) is 0 Å². The molecule has 140 valence electrons. The summed E-state index contributed by atoms with van der Waals surface area (Å²) in [6, 6.07) is 12.9. The van der Waals surface area contributed by atoms with Crippen molar-refractivity contribution >= 4 is 34.8 Å². The molecule has 6 nitrogen and oxygen atoms in total. The summed E-state index contributed by atoms with van der Waals surface area (Å²) in [5.74, 6) is -0.835. The Bertz CT molecular complexity index is 907. The van der Waals surface area contributed by atoms with Crippen LogP contribution in [-0.4, -0.2) is 24.3 Å². The molecule has 0 spiro atoms. The van der Waals surface area contributed by atoms with Crippen LogP contribution >= 0.6 is 0 Å². The van der Waals surface area contributed by atoms with E-state index in [1.54, 1.807) is 29.2 Å². The minimum atomic E-state index is -0.415. The summed E-state index contributed by atoms with van der Waals surface area (Å²) in [5.41, 5.74) is 4.15. The number of rotatable bonds is 4. The molecule has 1 aliphatic rings. The van der Waals surface area contributed by atoms with Crippen molar-refractivity contribution in [3.05, 3.63) is 53.6 Å². The summed E-state index contributed by atoms with van der Waals surface area (Å²) in [6.45, 7) is 5.73. The molecule has 2 aromatic rings. The lowest BCUT2D eigenvalue weighted by atomic mass is 10.1. The van der Waals surface area contributed by atoms with Crippen molar-refractivity contribution < 1.29 is 14.4 Å². The number of aryl methyl sites for hydroxylation is 2. The normalized spacial score (nSPS) is 16.3. The monoisotopic (exact) mass is 365 g/mol. The highest BCUT2D eigenvalue weighted by Crippen LogP contribution is 2.29. The standard InChI is InChI=1S/C21H23N3O3/c1-13-7-8-14(2)19(9-13)24-12-16(10-20(24)26)21(27)23-18-6-4-5-17(11-18)22-15(3)25/h4-9,11,16H,10,12H2,1-3H3,(H,22,25)(H,23,27). The van der Waals surface area contributed by atoms with Crippen LogP contribution in [0.4, 0.5) is 17.1 Å². The Morgan fingerprint density at radius 3 is 2.44 bits per heavy atom. The summed E-state index contributed by atoms with van der Waals surface area (Å²) < 4.78 is 0. The van der Waals surface area contributed by atoms with Gasteiger partial charge in [-0.05, 0) is 49.2 Å². The fourth-order valence-electron chi connectivity index (χ4n) is 3.25. The van der Waals surface area contributed by atoms with E-state index in [2.05, 4.69) is 10.6 Å². The third-order valence-electron chi connectivity index (χ3n) is 4.60. The van der Waals surface area contributed by atoms with Crippen molar-refractivity contribution in [1.29, 1.82) is 0 Å². The van der Waals surface area contributed by atoms with E-state index in [1.807, 2.05) is 32.0 Å². The van der Waals surface area contributed by atoms with Crippen LogP contribution in [0, 0.1) is 19.8 Å². The molecule has 1 saturated heterocycles. The molecule has 0 bridgehead atoms. The minimum Gasteiger partial charge on any atom is -0.326 e. The van der Waals surface area contributed by atoms with Gasteiger partial charge in [0.05, 0.1) is 5.92 Å². The first-order valence-corrected chi connectivity index (χ1v) is 8.89. The van der Waals surface area contributed by atoms with Crippen LogP contribution in [0.5, 0.6) is 0 Å². The Morgan fingerprint density at radius 2 is 1.74 bits per heavy atom. The summed E-state index contributed by atoms with van der Waals surface area (Å²) >= 11 is 0. The summed E-state index contributed by atoms with van der Waals surface area (Å²) in [4.78, 5) is 38.0. The molecular formula is C21H23N3O3. The summed E-state index contributed by atoms with van der Waals surface area (Å²) in [7, 11) is 0. The SMILES string of the molecule is CC(=O)Nc1cccc(NC(=O)C2CC(=O)N(c3cc(C)ccc3C)C2)c1. The zero-order chi connectivity index (χ0) is 19.6. The molecule has 3 rings (SSSR count). The number of carbonyl (C=O) groups excluding carboxylic acids is 3. The largest absolute Gasteiger partial charge is 0.326 e. The molecule has 1 aliphatic heterocycles. The molecular weight excluding hydrogens is 342 g/mol. The van der Waals surface area contributed by atoms with Crippen LogP contribution in [-0.2, 0) is 14.4 Å². The first kappa shape index (κ1) is 18.6. The average Bonchev–Trinajstić information content (AvgIpc) is 2.98. The number of carbonyl (C=O) groups is 3. The van der Waals surface area contributed by atoms with Gasteiger partial charge in [-0.3, -0.25) is 14.4 Å². The molecule has 1 heterocycles. The smallest absolute Gasteiger partial charge is 0.229 e. The number of hydrogen-bond donors (Lipinski definition) is 2. The van der Waals surface area contributed by atoms with Gasteiger partial charge in [0, 0.05) is 37.0 Å². The molecule has 1 atom stereocenters. The van der Waals surface area contributed by atoms with Gasteiger partial charge in [0.15, 0.2) is 0 Å². The molecule has 27 heavy (non-hydrogen) atoms. The Labute approximate surface area is 158 Å². The Kier molecular flexibility index (Phi) is 5.26. The van der Waals surface area contributed by atoms with E-state index in [9.17, 15) is 14.4 Å². The Morgan fingerprint density at radius 1 is 1.04 bits per heavy atom. The molecule has 0 aromatic heterocycles. The van der Waals surface area contributed by atoms with Crippen molar-refractivity contribution in [2.75, 3.05) is 22.1 Å². The molecule has 0 aliphatic carbocycles. The van der Waals surface area contributed by atoms with E-state index in [-0.39, 0.29) is 24.1 Å². The molecule has 2 N–H and O–H groups in total. The van der Waals surface area contributed by atoms with Gasteiger partial charge in [0.2, 0.25) is 17.7 Å². The number of amides is 3. The first-order valence-electron chi connectivity index (χ1n) is 8.89. The summed E-state index contributed by atoms with van der Waals surface area (Å²) in [5, 5.41) is 5.53. The Hall–Kier alpha value is -3.15. The van der Waals surface area contributed by atoms with Crippen LogP contribution in [0.2, 0.25) is 0 Å². The van der Waals surface area contributed by atoms with Crippen LogP contribution in [0.25, 0.3) is 0 Å². The predicted molar refractivity (Wildman–Crippen MR) is 106 cm³/mol. The van der Waals surface area contributed by atoms with E-state index < -0.39 is 5.92 Å². The molecule has 1 fully saturated rings. The fourth-order valence-corrected chi connectivity index (χ4v) is 3.25. The maximum atomic E-state index is 12.6. The van der Waals surface area contributed by atoms with E-state index in [0.717, 1.165) is 16.8 Å². The van der Waals surface area contributed by atoms with Crippen molar-refractivity contribution in [2.24, 2.45) is 5.92 Å². The van der Waals surface area contributed by atoms with Crippen molar-refractivity contribution in [2.45, 2.75) is 27.2 Å². The number of anilines is 3. The lowest BCUT2D eigenvalue weighted by Crippen LogP contribution is -2.28. The quantitative estimate of drug-likeness (QED) is 0.873. The molecule has 6 heteroatoms. The average molecular weight is 365 g/mol. The van der Waals surface area contributed by atoms with Gasteiger partial charge < -0.3 is 15.5 Å². The van der Waals surface area contributed by atoms with E-state index in [0.29, 0.717) is 17.9 Å². The lowest BCUT2D eigenvalue weighted by Gasteiger charge is -2.19. The zero-order valence-corrected chi connectivity index (χ0v) is 15.7. The first-order chi connectivity index (χ1) is 12.8. The van der Waals surface area contributed by atoms with Crippen LogP contribution in [0.3, 0.4) is 0 Å². The number of hydrogen-bond acceptors (Lipinski definition) is 3. The van der Waals surface area contributed by atoms with Crippen LogP contribution < -0.4 is 15.5 Å². The second-order valence-electron chi connectivity index (χ2n) is 6.95. The predicted octanol–water partition coefficient (Wildman–Crippen LogP) is 3.25. The highest BCUT2D eigenvalue weighted by atomic mass is 16.2. The van der Waals surface area contributed by atoms with Crippen molar-refractivity contribution in [1.82, 2.24) is 0 Å². The Balaban J connectivity index is 1.71. The lowest BCUT2D eigenvalue weighted by molar-refractivity contribution is -0.122. The van der Waals surface area contributed by atoms with E-state index >= 15 is 0 Å². The minimum absolute atomic E-state index is 0.0455. The topological polar surface area (TPSA) is 78.5 Å². The van der Waals surface area contributed by atoms with Gasteiger partial charge in [-0.25, -0.2) is 0 Å². The maximum Gasteiger partial charge on any atom is 0.229 e. The summed E-state index contributed by atoms with van der Waals surface area (Å²) in [6.07, 6.45) is 0.185. The van der Waals surface area contributed by atoms with Gasteiger partial charge in [-0.15, -0.1) is 0 Å².